The Morgan fingerprint density at radius 2 is 2.20 bits per heavy atom. The summed E-state index contributed by atoms with van der Waals surface area (Å²) in [6.07, 6.45) is 0. The van der Waals surface area contributed by atoms with Crippen LogP contribution in [0.5, 0.6) is 5.75 Å². The van der Waals surface area contributed by atoms with Gasteiger partial charge in [-0.1, -0.05) is 43.3 Å². The smallest absolute Gasteiger partial charge is 0.124 e. The van der Waals surface area contributed by atoms with Gasteiger partial charge in [-0.3, -0.25) is 0 Å². The van der Waals surface area contributed by atoms with E-state index in [1.165, 1.54) is 0 Å². The molecule has 0 saturated carbocycles. The third-order valence-corrected chi connectivity index (χ3v) is 2.03. The molecule has 82 valence electrons. The first-order valence-electron chi connectivity index (χ1n) is 4.98. The summed E-state index contributed by atoms with van der Waals surface area (Å²) in [4.78, 5) is 0. The zero-order valence-electron chi connectivity index (χ0n) is 8.92. The minimum absolute atomic E-state index is 0.352. The summed E-state index contributed by atoms with van der Waals surface area (Å²) < 4.78 is 5.52. The normalized spacial score (nSPS) is 10.0. The Balaban J connectivity index is 2.63. The lowest BCUT2D eigenvalue weighted by molar-refractivity contribution is 0.354. The summed E-state index contributed by atoms with van der Waals surface area (Å²) in [5.74, 6) is 0.861. The van der Waals surface area contributed by atoms with E-state index in [2.05, 4.69) is 18.8 Å². The van der Waals surface area contributed by atoms with Crippen molar-refractivity contribution in [1.82, 2.24) is 5.32 Å². The van der Waals surface area contributed by atoms with Crippen molar-refractivity contribution in [1.29, 1.82) is 0 Å². The van der Waals surface area contributed by atoms with Gasteiger partial charge in [-0.2, -0.15) is 0 Å². The number of para-hydroxylation sites is 1. The molecular formula is C12H16ClNO. The highest BCUT2D eigenvalue weighted by Gasteiger charge is 2.01. The fourth-order valence-electron chi connectivity index (χ4n) is 1.21. The molecule has 2 nitrogen and oxygen atoms in total. The van der Waals surface area contributed by atoms with E-state index >= 15 is 0 Å². The zero-order chi connectivity index (χ0) is 11.1. The zero-order valence-corrected chi connectivity index (χ0v) is 9.68. The minimum atomic E-state index is 0.352. The monoisotopic (exact) mass is 225 g/mol. The summed E-state index contributed by atoms with van der Waals surface area (Å²) in [6.45, 7) is 7.76. The molecule has 0 aliphatic carbocycles. The van der Waals surface area contributed by atoms with Crippen molar-refractivity contribution >= 4 is 11.6 Å². The van der Waals surface area contributed by atoms with Crippen LogP contribution in [0.15, 0.2) is 35.9 Å². The minimum Gasteiger partial charge on any atom is -0.488 e. The van der Waals surface area contributed by atoms with E-state index < -0.39 is 0 Å². The van der Waals surface area contributed by atoms with E-state index in [0.717, 1.165) is 24.4 Å². The SMILES string of the molecule is C=C(Cl)COc1ccccc1CNCC. The molecule has 0 bridgehead atoms. The molecule has 0 aromatic heterocycles. The second kappa shape index (κ2) is 6.49. The number of hydrogen-bond acceptors (Lipinski definition) is 2. The van der Waals surface area contributed by atoms with Crippen molar-refractivity contribution in [3.8, 4) is 5.75 Å². The molecule has 0 spiro atoms. The molecule has 0 fully saturated rings. The van der Waals surface area contributed by atoms with E-state index in [0.29, 0.717) is 11.6 Å². The highest BCUT2D eigenvalue weighted by atomic mass is 35.5. The van der Waals surface area contributed by atoms with Crippen LogP contribution in [-0.2, 0) is 6.54 Å². The first-order chi connectivity index (χ1) is 7.24. The van der Waals surface area contributed by atoms with E-state index in [-0.39, 0.29) is 0 Å². The number of nitrogens with one attached hydrogen (secondary N) is 1. The third kappa shape index (κ3) is 4.36. The van der Waals surface area contributed by atoms with Gasteiger partial charge in [0, 0.05) is 17.1 Å². The van der Waals surface area contributed by atoms with Crippen LogP contribution in [0.4, 0.5) is 0 Å². The van der Waals surface area contributed by atoms with Gasteiger partial charge in [-0.05, 0) is 12.6 Å². The molecule has 0 heterocycles. The Morgan fingerprint density at radius 3 is 2.87 bits per heavy atom. The molecule has 0 unspecified atom stereocenters. The van der Waals surface area contributed by atoms with Crippen LogP contribution in [-0.4, -0.2) is 13.2 Å². The molecule has 0 saturated heterocycles. The molecule has 1 aromatic rings. The van der Waals surface area contributed by atoms with Gasteiger partial charge in [-0.15, -0.1) is 0 Å². The number of ether oxygens (including phenoxy) is 1. The highest BCUT2D eigenvalue weighted by Crippen LogP contribution is 2.18. The molecule has 15 heavy (non-hydrogen) atoms. The molecule has 0 aliphatic heterocycles. The third-order valence-electron chi connectivity index (χ3n) is 1.92. The quantitative estimate of drug-likeness (QED) is 0.804. The molecule has 0 amide bonds. The van der Waals surface area contributed by atoms with Crippen LogP contribution in [0, 0.1) is 0 Å². The van der Waals surface area contributed by atoms with Crippen LogP contribution in [0.3, 0.4) is 0 Å². The number of halogens is 1. The predicted molar refractivity (Wildman–Crippen MR) is 64.3 cm³/mol. The Bertz CT molecular complexity index is 325. The van der Waals surface area contributed by atoms with Crippen molar-refractivity contribution in [2.45, 2.75) is 13.5 Å². The maximum absolute atomic E-state index is 5.65. The van der Waals surface area contributed by atoms with Crippen LogP contribution < -0.4 is 10.1 Å². The number of rotatable bonds is 6. The van der Waals surface area contributed by atoms with Crippen LogP contribution in [0.1, 0.15) is 12.5 Å². The Morgan fingerprint density at radius 1 is 1.47 bits per heavy atom. The standard InChI is InChI=1S/C12H16ClNO/c1-3-14-8-11-6-4-5-7-12(11)15-9-10(2)13/h4-7,14H,2-3,8-9H2,1H3. The van der Waals surface area contributed by atoms with E-state index in [4.69, 9.17) is 16.3 Å². The van der Waals surface area contributed by atoms with Gasteiger partial charge in [0.05, 0.1) is 0 Å². The second-order valence-corrected chi connectivity index (χ2v) is 3.73. The lowest BCUT2D eigenvalue weighted by atomic mass is 10.2. The highest BCUT2D eigenvalue weighted by molar-refractivity contribution is 6.29. The lowest BCUT2D eigenvalue weighted by Crippen LogP contribution is -2.13. The van der Waals surface area contributed by atoms with Gasteiger partial charge in [-0.25, -0.2) is 0 Å². The maximum atomic E-state index is 5.65. The largest absolute Gasteiger partial charge is 0.488 e. The maximum Gasteiger partial charge on any atom is 0.124 e. The van der Waals surface area contributed by atoms with Crippen molar-refractivity contribution in [3.05, 3.63) is 41.4 Å². The molecular weight excluding hydrogens is 210 g/mol. The van der Waals surface area contributed by atoms with Crippen LogP contribution in [0.2, 0.25) is 0 Å². The van der Waals surface area contributed by atoms with Gasteiger partial charge in [0.1, 0.15) is 12.4 Å². The second-order valence-electron chi connectivity index (χ2n) is 3.19. The molecule has 1 rings (SSSR count). The summed E-state index contributed by atoms with van der Waals surface area (Å²) in [6, 6.07) is 7.91. The van der Waals surface area contributed by atoms with Gasteiger partial charge >= 0.3 is 0 Å². The summed E-state index contributed by atoms with van der Waals surface area (Å²) >= 11 is 5.65. The first-order valence-corrected chi connectivity index (χ1v) is 5.36. The van der Waals surface area contributed by atoms with Crippen molar-refractivity contribution in [3.63, 3.8) is 0 Å². The van der Waals surface area contributed by atoms with Crippen molar-refractivity contribution in [2.75, 3.05) is 13.2 Å². The predicted octanol–water partition coefficient (Wildman–Crippen LogP) is 2.93. The fraction of sp³-hybridized carbons (Fsp3) is 0.333. The summed E-state index contributed by atoms with van der Waals surface area (Å²) in [5.41, 5.74) is 1.14. The number of benzene rings is 1. The Labute approximate surface area is 95.9 Å². The first kappa shape index (κ1) is 12.1. The molecule has 0 aliphatic rings. The van der Waals surface area contributed by atoms with E-state index in [9.17, 15) is 0 Å². The van der Waals surface area contributed by atoms with E-state index in [1.807, 2.05) is 24.3 Å². The van der Waals surface area contributed by atoms with Crippen molar-refractivity contribution in [2.24, 2.45) is 0 Å². The van der Waals surface area contributed by atoms with Crippen LogP contribution in [0.25, 0.3) is 0 Å². The van der Waals surface area contributed by atoms with Crippen molar-refractivity contribution < 1.29 is 4.74 Å². The molecule has 1 N–H and O–H groups in total. The Hall–Kier alpha value is -0.990. The fourth-order valence-corrected chi connectivity index (χ4v) is 1.26. The number of hydrogen-bond donors (Lipinski definition) is 1. The topological polar surface area (TPSA) is 21.3 Å². The summed E-state index contributed by atoms with van der Waals surface area (Å²) in [7, 11) is 0. The average molecular weight is 226 g/mol. The van der Waals surface area contributed by atoms with Gasteiger partial charge < -0.3 is 10.1 Å². The molecule has 0 atom stereocenters. The summed E-state index contributed by atoms with van der Waals surface area (Å²) in [5, 5.41) is 3.76. The van der Waals surface area contributed by atoms with Gasteiger partial charge in [0.25, 0.3) is 0 Å². The molecule has 1 aromatic carbocycles. The average Bonchev–Trinajstić information content (AvgIpc) is 2.24. The van der Waals surface area contributed by atoms with Gasteiger partial charge in [0.2, 0.25) is 0 Å². The Kier molecular flexibility index (Phi) is 5.22. The van der Waals surface area contributed by atoms with E-state index in [1.54, 1.807) is 0 Å². The molecule has 0 radical (unpaired) electrons. The lowest BCUT2D eigenvalue weighted by Gasteiger charge is -2.10. The molecule has 3 heteroatoms. The van der Waals surface area contributed by atoms with Gasteiger partial charge in [0.15, 0.2) is 0 Å². The van der Waals surface area contributed by atoms with Crippen LogP contribution >= 0.6 is 11.6 Å².